The SMILES string of the molecule is CC(N)CCCC=O.Cc1cccc(C)c1.O=C1NCc2cc(N3CCN(CC4CCN(c5ccccc5)CC4)CC3)ccc21.Oc1ccc2c(c1)COCC2. The summed E-state index contributed by atoms with van der Waals surface area (Å²) >= 11 is 0. The Morgan fingerprint density at radius 1 is 0.821 bits per heavy atom. The summed E-state index contributed by atoms with van der Waals surface area (Å²) in [5.41, 5.74) is 15.1. The minimum absolute atomic E-state index is 0.0645. The number of unbranched alkanes of at least 4 members (excludes halogenated alkanes) is 1. The molecular formula is C47H63N5O4. The molecular weight excluding hydrogens is 699 g/mol. The van der Waals surface area contributed by atoms with E-state index in [4.69, 9.17) is 15.6 Å². The smallest absolute Gasteiger partial charge is 0.251 e. The van der Waals surface area contributed by atoms with Gasteiger partial charge in [-0.1, -0.05) is 59.7 Å². The Balaban J connectivity index is 0.000000180. The van der Waals surface area contributed by atoms with Crippen molar-refractivity contribution in [2.75, 3.05) is 62.2 Å². The number of hydrogen-bond donors (Lipinski definition) is 3. The van der Waals surface area contributed by atoms with E-state index in [2.05, 4.69) is 101 Å². The van der Waals surface area contributed by atoms with E-state index in [1.54, 1.807) is 12.1 Å². The Labute approximate surface area is 334 Å². The first-order valence-electron chi connectivity index (χ1n) is 20.5. The highest BCUT2D eigenvalue weighted by molar-refractivity contribution is 5.98. The number of ether oxygens (including phenoxy) is 1. The number of carbonyl (C=O) groups excluding carboxylic acids is 2. The molecule has 0 saturated carbocycles. The number of nitrogens with one attached hydrogen (secondary N) is 1. The zero-order chi connectivity index (χ0) is 39.7. The Bertz CT molecular complexity index is 1780. The molecule has 9 heteroatoms. The molecule has 0 aliphatic carbocycles. The molecule has 0 spiro atoms. The van der Waals surface area contributed by atoms with Gasteiger partial charge in [0.1, 0.15) is 12.0 Å². The van der Waals surface area contributed by atoms with Gasteiger partial charge in [-0.05, 0) is 118 Å². The van der Waals surface area contributed by atoms with Gasteiger partial charge >= 0.3 is 0 Å². The summed E-state index contributed by atoms with van der Waals surface area (Å²) < 4.78 is 5.24. The van der Waals surface area contributed by atoms with Crippen molar-refractivity contribution in [3.05, 3.63) is 124 Å². The lowest BCUT2D eigenvalue weighted by Gasteiger charge is -2.40. The highest BCUT2D eigenvalue weighted by Crippen LogP contribution is 2.27. The molecule has 4 heterocycles. The van der Waals surface area contributed by atoms with Crippen LogP contribution in [-0.4, -0.2) is 80.7 Å². The third-order valence-corrected chi connectivity index (χ3v) is 10.9. The van der Waals surface area contributed by atoms with E-state index in [9.17, 15) is 9.59 Å². The Kier molecular flexibility index (Phi) is 16.8. The summed E-state index contributed by atoms with van der Waals surface area (Å²) in [5.74, 6) is 1.21. The lowest BCUT2D eigenvalue weighted by atomic mass is 9.95. The first kappa shape index (κ1) is 42.4. The first-order valence-corrected chi connectivity index (χ1v) is 20.5. The van der Waals surface area contributed by atoms with Gasteiger partial charge in [0.15, 0.2) is 0 Å². The number of hydrogen-bond acceptors (Lipinski definition) is 8. The van der Waals surface area contributed by atoms with Crippen LogP contribution in [0, 0.1) is 19.8 Å². The van der Waals surface area contributed by atoms with Crippen LogP contribution < -0.4 is 20.9 Å². The molecule has 300 valence electrons. The van der Waals surface area contributed by atoms with Crippen LogP contribution in [0.3, 0.4) is 0 Å². The molecule has 0 radical (unpaired) electrons. The fourth-order valence-corrected chi connectivity index (χ4v) is 7.67. The van der Waals surface area contributed by atoms with Gasteiger partial charge in [0.2, 0.25) is 0 Å². The number of phenols is 1. The lowest BCUT2D eigenvalue weighted by Crippen LogP contribution is -2.49. The minimum Gasteiger partial charge on any atom is -0.508 e. The van der Waals surface area contributed by atoms with Gasteiger partial charge in [-0.2, -0.15) is 0 Å². The number of benzene rings is 4. The second-order valence-corrected chi connectivity index (χ2v) is 15.6. The number of para-hydroxylation sites is 1. The van der Waals surface area contributed by atoms with Crippen molar-refractivity contribution in [2.24, 2.45) is 11.7 Å². The molecule has 8 rings (SSSR count). The van der Waals surface area contributed by atoms with E-state index in [0.717, 1.165) is 80.9 Å². The van der Waals surface area contributed by atoms with Gasteiger partial charge < -0.3 is 35.5 Å². The third kappa shape index (κ3) is 13.5. The van der Waals surface area contributed by atoms with Crippen molar-refractivity contribution < 1.29 is 19.4 Å². The van der Waals surface area contributed by atoms with Gasteiger partial charge in [0.05, 0.1) is 13.2 Å². The number of phenolic OH excluding ortho intramolecular Hbond substituents is 1. The Morgan fingerprint density at radius 2 is 1.54 bits per heavy atom. The van der Waals surface area contributed by atoms with Crippen molar-refractivity contribution in [3.8, 4) is 5.75 Å². The fourth-order valence-electron chi connectivity index (χ4n) is 7.67. The summed E-state index contributed by atoms with van der Waals surface area (Å²) in [6.07, 6.45) is 7.03. The van der Waals surface area contributed by atoms with Gasteiger partial charge in [-0.15, -0.1) is 0 Å². The molecule has 4 aromatic rings. The van der Waals surface area contributed by atoms with Crippen molar-refractivity contribution in [1.29, 1.82) is 0 Å². The van der Waals surface area contributed by atoms with Crippen molar-refractivity contribution >= 4 is 23.6 Å². The number of rotatable bonds is 8. The minimum atomic E-state index is 0.0645. The number of piperazine rings is 1. The van der Waals surface area contributed by atoms with Crippen LogP contribution in [0.25, 0.3) is 0 Å². The van der Waals surface area contributed by atoms with E-state index in [1.807, 2.05) is 19.1 Å². The van der Waals surface area contributed by atoms with E-state index in [0.29, 0.717) is 25.3 Å². The lowest BCUT2D eigenvalue weighted by molar-refractivity contribution is -0.107. The zero-order valence-corrected chi connectivity index (χ0v) is 33.8. The average molecular weight is 762 g/mol. The Hall–Kier alpha value is -4.70. The molecule has 0 bridgehead atoms. The number of nitrogens with two attached hydrogens (primary N) is 1. The van der Waals surface area contributed by atoms with E-state index < -0.39 is 0 Å². The maximum atomic E-state index is 11.8. The quantitative estimate of drug-likeness (QED) is 0.126. The zero-order valence-electron chi connectivity index (χ0n) is 33.8. The summed E-state index contributed by atoms with van der Waals surface area (Å²) in [6.45, 7) is 16.3. The monoisotopic (exact) mass is 761 g/mol. The largest absolute Gasteiger partial charge is 0.508 e. The van der Waals surface area contributed by atoms with E-state index in [1.165, 1.54) is 60.5 Å². The second kappa shape index (κ2) is 22.1. The standard InChI is InChI=1S/C24H30N4O.C9H10O2.C8H10.C6H13NO/c29-24-23-7-6-22(16-20(23)17-25-24)28-14-12-26(13-15-28)18-19-8-10-27(11-9-19)21-4-2-1-3-5-21;10-9-2-1-7-3-4-11-6-8(7)5-9;1-7-4-3-5-8(2)6-7;1-6(7)4-2-3-5-8/h1-7,16,19H,8-15,17-18H2,(H,25,29);1-2,5,10H,3-4,6H2;3-6H,1-2H3;5-6H,2-4,7H2,1H3. The van der Waals surface area contributed by atoms with Gasteiger partial charge in [-0.3, -0.25) is 9.69 Å². The number of anilines is 2. The molecule has 1 atom stereocenters. The Morgan fingerprint density at radius 3 is 2.20 bits per heavy atom. The van der Waals surface area contributed by atoms with Crippen LogP contribution in [0.1, 0.15) is 77.2 Å². The molecule has 1 unspecified atom stereocenters. The number of piperidine rings is 1. The van der Waals surface area contributed by atoms with Crippen molar-refractivity contribution in [3.63, 3.8) is 0 Å². The predicted molar refractivity (Wildman–Crippen MR) is 229 cm³/mol. The average Bonchev–Trinajstić information content (AvgIpc) is 3.59. The molecule has 1 amide bonds. The number of carbonyl (C=O) groups is 2. The van der Waals surface area contributed by atoms with Crippen LogP contribution in [0.5, 0.6) is 5.75 Å². The molecule has 56 heavy (non-hydrogen) atoms. The summed E-state index contributed by atoms with van der Waals surface area (Å²) in [4.78, 5) is 29.1. The fraction of sp³-hybridized carbons (Fsp3) is 0.447. The molecule has 0 aromatic heterocycles. The topological polar surface area (TPSA) is 111 Å². The maximum absolute atomic E-state index is 11.8. The molecule has 4 aliphatic heterocycles. The first-order chi connectivity index (χ1) is 27.2. The summed E-state index contributed by atoms with van der Waals surface area (Å²) in [5, 5.41) is 12.0. The maximum Gasteiger partial charge on any atom is 0.251 e. The summed E-state index contributed by atoms with van der Waals surface area (Å²) in [7, 11) is 0. The normalized spacial score (nSPS) is 17.0. The highest BCUT2D eigenvalue weighted by atomic mass is 16.5. The number of aromatic hydroxyl groups is 1. The van der Waals surface area contributed by atoms with Crippen LogP contribution in [0.15, 0.2) is 91.0 Å². The van der Waals surface area contributed by atoms with E-state index >= 15 is 0 Å². The molecule has 4 N–H and O–H groups in total. The number of aldehydes is 1. The third-order valence-electron chi connectivity index (χ3n) is 10.9. The number of aryl methyl sites for hydroxylation is 2. The molecule has 4 aromatic carbocycles. The second-order valence-electron chi connectivity index (χ2n) is 15.6. The van der Waals surface area contributed by atoms with Crippen molar-refractivity contribution in [2.45, 2.75) is 78.5 Å². The van der Waals surface area contributed by atoms with Gasteiger partial charge in [0, 0.05) is 81.8 Å². The highest BCUT2D eigenvalue weighted by Gasteiger charge is 2.25. The molecule has 4 aliphatic rings. The number of fused-ring (bicyclic) bond motifs is 2. The van der Waals surface area contributed by atoms with E-state index in [-0.39, 0.29) is 11.9 Å². The van der Waals surface area contributed by atoms with Gasteiger partial charge in [-0.25, -0.2) is 0 Å². The predicted octanol–water partition coefficient (Wildman–Crippen LogP) is 7.44. The van der Waals surface area contributed by atoms with Crippen LogP contribution >= 0.6 is 0 Å². The number of amides is 1. The number of nitrogens with zero attached hydrogens (tertiary/aromatic N) is 3. The summed E-state index contributed by atoms with van der Waals surface area (Å²) in [6, 6.07) is 31.3. The van der Waals surface area contributed by atoms with Crippen LogP contribution in [-0.2, 0) is 29.1 Å². The van der Waals surface area contributed by atoms with Crippen LogP contribution in [0.4, 0.5) is 11.4 Å². The van der Waals surface area contributed by atoms with Gasteiger partial charge in [0.25, 0.3) is 5.91 Å². The molecule has 2 saturated heterocycles. The van der Waals surface area contributed by atoms with Crippen LogP contribution in [0.2, 0.25) is 0 Å². The molecule has 2 fully saturated rings. The molecule has 9 nitrogen and oxygen atoms in total. The van der Waals surface area contributed by atoms with Crippen molar-refractivity contribution in [1.82, 2.24) is 10.2 Å².